The van der Waals surface area contributed by atoms with Crippen LogP contribution < -0.4 is 0 Å². The molecule has 7 nitrogen and oxygen atoms in total. The van der Waals surface area contributed by atoms with Crippen molar-refractivity contribution in [2.45, 2.75) is 64.5 Å². The first-order valence-electron chi connectivity index (χ1n) is 6.87. The van der Waals surface area contributed by atoms with E-state index in [0.29, 0.717) is 12.8 Å². The zero-order valence-corrected chi connectivity index (χ0v) is 11.7. The van der Waals surface area contributed by atoms with Gasteiger partial charge in [-0.1, -0.05) is 26.7 Å². The summed E-state index contributed by atoms with van der Waals surface area (Å²) >= 11 is 0. The molecule has 0 N–H and O–H groups in total. The zero-order chi connectivity index (χ0) is 14.7. The lowest BCUT2D eigenvalue weighted by molar-refractivity contribution is -0.538. The minimum atomic E-state index is -0.751. The molecule has 0 radical (unpaired) electrons. The Balaban J connectivity index is 4.05. The third-order valence-corrected chi connectivity index (χ3v) is 3.00. The Labute approximate surface area is 113 Å². The molecule has 0 rings (SSSR count). The Morgan fingerprint density at radius 3 is 1.53 bits per heavy atom. The highest BCUT2D eigenvalue weighted by Gasteiger charge is 2.23. The van der Waals surface area contributed by atoms with Gasteiger partial charge < -0.3 is 4.74 Å². The largest absolute Gasteiger partial charge is 0.367 e. The molecule has 19 heavy (non-hydrogen) atoms. The molecule has 2 atom stereocenters. The van der Waals surface area contributed by atoms with Crippen LogP contribution in [-0.4, -0.2) is 35.1 Å². The lowest BCUT2D eigenvalue weighted by atomic mass is 10.1. The van der Waals surface area contributed by atoms with Gasteiger partial charge in [0.1, 0.15) is 13.2 Å². The van der Waals surface area contributed by atoms with E-state index in [0.717, 1.165) is 25.7 Å². The summed E-state index contributed by atoms with van der Waals surface area (Å²) in [5.74, 6) is 0. The van der Waals surface area contributed by atoms with Gasteiger partial charge in [-0.15, -0.1) is 0 Å². The lowest BCUT2D eigenvalue weighted by Crippen LogP contribution is -2.30. The van der Waals surface area contributed by atoms with E-state index in [1.807, 2.05) is 13.8 Å². The predicted octanol–water partition coefficient (Wildman–Crippen LogP) is 2.67. The molecule has 0 aromatic carbocycles. The quantitative estimate of drug-likeness (QED) is 0.403. The van der Waals surface area contributed by atoms with Crippen molar-refractivity contribution in [1.82, 2.24) is 0 Å². The Kier molecular flexibility index (Phi) is 9.97. The molecule has 0 aliphatic rings. The lowest BCUT2D eigenvalue weighted by Gasteiger charge is -2.12. The van der Waals surface area contributed by atoms with Crippen LogP contribution in [-0.2, 0) is 4.74 Å². The van der Waals surface area contributed by atoms with Gasteiger partial charge in [0.25, 0.3) is 0 Å². The maximum absolute atomic E-state index is 10.8. The van der Waals surface area contributed by atoms with E-state index in [2.05, 4.69) is 0 Å². The van der Waals surface area contributed by atoms with Crippen LogP contribution in [0.4, 0.5) is 0 Å². The third-order valence-electron chi connectivity index (χ3n) is 3.00. The van der Waals surface area contributed by atoms with Crippen molar-refractivity contribution in [2.75, 3.05) is 13.2 Å². The Morgan fingerprint density at radius 2 is 1.26 bits per heavy atom. The molecule has 0 aliphatic heterocycles. The summed E-state index contributed by atoms with van der Waals surface area (Å²) in [7, 11) is 0. The molecule has 2 unspecified atom stereocenters. The Morgan fingerprint density at radius 1 is 0.895 bits per heavy atom. The highest BCUT2D eigenvalue weighted by atomic mass is 16.6. The molecular weight excluding hydrogens is 252 g/mol. The fourth-order valence-corrected chi connectivity index (χ4v) is 1.72. The van der Waals surface area contributed by atoms with Gasteiger partial charge in [0, 0.05) is 22.7 Å². The molecule has 0 amide bonds. The molecule has 0 heterocycles. The monoisotopic (exact) mass is 276 g/mol. The van der Waals surface area contributed by atoms with E-state index in [4.69, 9.17) is 4.74 Å². The van der Waals surface area contributed by atoms with E-state index in [9.17, 15) is 20.2 Å². The molecule has 0 saturated heterocycles. The molecule has 0 saturated carbocycles. The topological polar surface area (TPSA) is 95.5 Å². The van der Waals surface area contributed by atoms with Crippen molar-refractivity contribution in [3.8, 4) is 0 Å². The van der Waals surface area contributed by atoms with E-state index < -0.39 is 12.1 Å². The summed E-state index contributed by atoms with van der Waals surface area (Å²) in [6, 6.07) is -1.50. The first-order valence-corrected chi connectivity index (χ1v) is 6.87. The van der Waals surface area contributed by atoms with Crippen LogP contribution in [0.5, 0.6) is 0 Å². The van der Waals surface area contributed by atoms with Crippen molar-refractivity contribution in [3.05, 3.63) is 20.2 Å². The summed E-state index contributed by atoms with van der Waals surface area (Å²) in [6.45, 7) is 3.85. The number of unbranched alkanes of at least 4 members (excludes halogenated alkanes) is 2. The third kappa shape index (κ3) is 8.47. The van der Waals surface area contributed by atoms with Crippen LogP contribution in [0.25, 0.3) is 0 Å². The molecule has 112 valence electrons. The van der Waals surface area contributed by atoms with Gasteiger partial charge >= 0.3 is 0 Å². The highest BCUT2D eigenvalue weighted by Crippen LogP contribution is 2.08. The number of nitrogens with zero attached hydrogens (tertiary/aromatic N) is 2. The van der Waals surface area contributed by atoms with Gasteiger partial charge in [0.2, 0.25) is 12.1 Å². The predicted molar refractivity (Wildman–Crippen MR) is 71.4 cm³/mol. The normalized spacial score (nSPS) is 14.0. The van der Waals surface area contributed by atoms with E-state index in [1.54, 1.807) is 0 Å². The highest BCUT2D eigenvalue weighted by molar-refractivity contribution is 4.59. The van der Waals surface area contributed by atoms with Crippen molar-refractivity contribution < 1.29 is 14.6 Å². The molecule has 0 fully saturated rings. The van der Waals surface area contributed by atoms with Crippen molar-refractivity contribution in [2.24, 2.45) is 0 Å². The van der Waals surface area contributed by atoms with Crippen LogP contribution in [0.1, 0.15) is 52.4 Å². The summed E-state index contributed by atoms with van der Waals surface area (Å²) in [4.78, 5) is 20.8. The van der Waals surface area contributed by atoms with Crippen LogP contribution in [0.15, 0.2) is 0 Å². The molecule has 0 aromatic heterocycles. The fourth-order valence-electron chi connectivity index (χ4n) is 1.72. The number of rotatable bonds is 12. The first kappa shape index (κ1) is 17.8. The van der Waals surface area contributed by atoms with Crippen LogP contribution in [0, 0.1) is 20.2 Å². The second-order valence-electron chi connectivity index (χ2n) is 4.70. The number of ether oxygens (including phenoxy) is 1. The van der Waals surface area contributed by atoms with Crippen LogP contribution >= 0.6 is 0 Å². The molecule has 0 spiro atoms. The first-order chi connectivity index (χ1) is 9.02. The minimum Gasteiger partial charge on any atom is -0.367 e. The molecular formula is C12H24N2O5. The Hall–Kier alpha value is -1.24. The van der Waals surface area contributed by atoms with Gasteiger partial charge in [-0.2, -0.15) is 0 Å². The summed E-state index contributed by atoms with van der Waals surface area (Å²) < 4.78 is 5.19. The number of hydrogen-bond donors (Lipinski definition) is 0. The van der Waals surface area contributed by atoms with Gasteiger partial charge in [0.15, 0.2) is 0 Å². The smallest absolute Gasteiger partial charge is 0.236 e. The van der Waals surface area contributed by atoms with Crippen molar-refractivity contribution >= 4 is 0 Å². The van der Waals surface area contributed by atoms with Crippen molar-refractivity contribution in [3.63, 3.8) is 0 Å². The molecule has 0 bridgehead atoms. The van der Waals surface area contributed by atoms with Crippen LogP contribution in [0.2, 0.25) is 0 Å². The van der Waals surface area contributed by atoms with E-state index in [-0.39, 0.29) is 23.1 Å². The van der Waals surface area contributed by atoms with Gasteiger partial charge in [-0.05, 0) is 12.8 Å². The standard InChI is InChI=1S/C12H24N2O5/c1-3-5-7-11(13(15)16)9-19-10-12(14(17)18)8-6-4-2/h11-12H,3-10H2,1-2H3. The maximum Gasteiger partial charge on any atom is 0.236 e. The van der Waals surface area contributed by atoms with E-state index in [1.165, 1.54) is 0 Å². The van der Waals surface area contributed by atoms with E-state index >= 15 is 0 Å². The average molecular weight is 276 g/mol. The second kappa shape index (κ2) is 10.7. The summed E-state index contributed by atoms with van der Waals surface area (Å²) in [6.07, 6.45) is 4.23. The fraction of sp³-hybridized carbons (Fsp3) is 1.00. The van der Waals surface area contributed by atoms with Gasteiger partial charge in [-0.3, -0.25) is 20.2 Å². The second-order valence-corrected chi connectivity index (χ2v) is 4.70. The number of nitro groups is 2. The number of hydrogen-bond acceptors (Lipinski definition) is 5. The molecule has 0 aromatic rings. The average Bonchev–Trinajstić information content (AvgIpc) is 2.36. The molecule has 7 heteroatoms. The van der Waals surface area contributed by atoms with Crippen LogP contribution in [0.3, 0.4) is 0 Å². The van der Waals surface area contributed by atoms with Crippen molar-refractivity contribution in [1.29, 1.82) is 0 Å². The van der Waals surface area contributed by atoms with Gasteiger partial charge in [-0.25, -0.2) is 0 Å². The zero-order valence-electron chi connectivity index (χ0n) is 11.7. The SMILES string of the molecule is CCCCC(COCC(CCCC)[N+](=O)[O-])[N+](=O)[O-]. The van der Waals surface area contributed by atoms with Gasteiger partial charge in [0.05, 0.1) is 0 Å². The molecule has 0 aliphatic carbocycles. The minimum absolute atomic E-state index is 0.0382. The maximum atomic E-state index is 10.8. The summed E-state index contributed by atoms with van der Waals surface area (Å²) in [5, 5.41) is 21.6. The Bertz CT molecular complexity index is 247. The summed E-state index contributed by atoms with van der Waals surface area (Å²) in [5.41, 5.74) is 0.